The van der Waals surface area contributed by atoms with Crippen LogP contribution in [0.3, 0.4) is 0 Å². The molecule has 0 heterocycles. The number of carbonyl (C=O) groups is 1. The number of hydrogen-bond donors (Lipinski definition) is 3. The Balaban J connectivity index is 1.99. The van der Waals surface area contributed by atoms with Crippen molar-refractivity contribution in [1.82, 2.24) is 16.0 Å². The van der Waals surface area contributed by atoms with E-state index in [-0.39, 0.29) is 23.7 Å². The molecule has 2 aromatic carbocycles. The fourth-order valence-electron chi connectivity index (χ4n) is 2.96. The lowest BCUT2D eigenvalue weighted by atomic mass is 9.84. The molecule has 2 aromatic rings. The van der Waals surface area contributed by atoms with Gasteiger partial charge in [0, 0.05) is 25.0 Å². The van der Waals surface area contributed by atoms with Crippen molar-refractivity contribution in [2.45, 2.75) is 39.7 Å². The molecule has 0 radical (unpaired) electrons. The van der Waals surface area contributed by atoms with E-state index in [0.29, 0.717) is 31.3 Å². The van der Waals surface area contributed by atoms with Gasteiger partial charge in [0.05, 0.1) is 6.54 Å². The van der Waals surface area contributed by atoms with Gasteiger partial charge in [-0.05, 0) is 49.2 Å². The highest BCUT2D eigenvalue weighted by molar-refractivity contribution is 5.80. The fourth-order valence-corrected chi connectivity index (χ4v) is 2.96. The second-order valence-corrected chi connectivity index (χ2v) is 7.83. The number of aliphatic imine (C=N–C) groups is 1. The standard InChI is InChI=1S/C24H33FN4O2/c1-5-26-22(30)16-31-21-12-7-9-18(13-21)15-28-23(27-6-2)29-17-24(3,4)19-10-8-11-20(25)14-19/h7-14H,5-6,15-17H2,1-4H3,(H,26,30)(H2,27,28,29). The zero-order valence-electron chi connectivity index (χ0n) is 18.8. The van der Waals surface area contributed by atoms with Crippen LogP contribution in [0.1, 0.15) is 38.8 Å². The van der Waals surface area contributed by atoms with E-state index in [1.54, 1.807) is 12.1 Å². The maximum atomic E-state index is 13.6. The molecular formula is C24H33FN4O2. The van der Waals surface area contributed by atoms with Crippen LogP contribution in [0.15, 0.2) is 53.5 Å². The highest BCUT2D eigenvalue weighted by Crippen LogP contribution is 2.22. The van der Waals surface area contributed by atoms with Crippen LogP contribution in [0, 0.1) is 5.82 Å². The number of benzene rings is 2. The molecule has 0 aliphatic carbocycles. The molecule has 0 aliphatic heterocycles. The normalized spacial score (nSPS) is 11.7. The van der Waals surface area contributed by atoms with Crippen LogP contribution in [-0.2, 0) is 16.8 Å². The van der Waals surface area contributed by atoms with Crippen LogP contribution in [-0.4, -0.2) is 38.1 Å². The zero-order chi connectivity index (χ0) is 22.7. The maximum absolute atomic E-state index is 13.6. The Morgan fingerprint density at radius 2 is 1.77 bits per heavy atom. The number of amides is 1. The van der Waals surface area contributed by atoms with Crippen molar-refractivity contribution >= 4 is 11.9 Å². The van der Waals surface area contributed by atoms with Crippen LogP contribution >= 0.6 is 0 Å². The number of nitrogens with one attached hydrogen (secondary N) is 3. The molecule has 168 valence electrons. The number of carbonyl (C=O) groups excluding carboxylic acids is 1. The van der Waals surface area contributed by atoms with Gasteiger partial charge >= 0.3 is 0 Å². The lowest BCUT2D eigenvalue weighted by Crippen LogP contribution is -2.43. The molecule has 31 heavy (non-hydrogen) atoms. The molecule has 0 aromatic heterocycles. The number of nitrogens with zero attached hydrogens (tertiary/aromatic N) is 1. The molecule has 0 saturated carbocycles. The lowest BCUT2D eigenvalue weighted by Gasteiger charge is -2.27. The molecule has 1 amide bonds. The molecule has 0 spiro atoms. The summed E-state index contributed by atoms with van der Waals surface area (Å²) in [4.78, 5) is 16.2. The van der Waals surface area contributed by atoms with E-state index in [1.165, 1.54) is 6.07 Å². The van der Waals surface area contributed by atoms with Gasteiger partial charge in [0.1, 0.15) is 11.6 Å². The first kappa shape index (κ1) is 24.2. The van der Waals surface area contributed by atoms with E-state index in [0.717, 1.165) is 17.7 Å². The van der Waals surface area contributed by atoms with Crippen molar-refractivity contribution in [2.24, 2.45) is 4.99 Å². The number of ether oxygens (including phenoxy) is 1. The van der Waals surface area contributed by atoms with Crippen molar-refractivity contribution in [3.8, 4) is 5.75 Å². The van der Waals surface area contributed by atoms with Gasteiger partial charge in [-0.2, -0.15) is 0 Å². The predicted octanol–water partition coefficient (Wildman–Crippen LogP) is 3.37. The highest BCUT2D eigenvalue weighted by atomic mass is 19.1. The van der Waals surface area contributed by atoms with Crippen molar-refractivity contribution in [3.63, 3.8) is 0 Å². The molecule has 7 heteroatoms. The molecule has 0 saturated heterocycles. The van der Waals surface area contributed by atoms with E-state index in [2.05, 4.69) is 34.8 Å². The van der Waals surface area contributed by atoms with Gasteiger partial charge < -0.3 is 20.7 Å². The molecule has 0 atom stereocenters. The van der Waals surface area contributed by atoms with Gasteiger partial charge in [-0.25, -0.2) is 9.38 Å². The van der Waals surface area contributed by atoms with Crippen molar-refractivity contribution < 1.29 is 13.9 Å². The Kier molecular flexibility index (Phi) is 9.31. The highest BCUT2D eigenvalue weighted by Gasteiger charge is 2.21. The molecule has 0 unspecified atom stereocenters. The first-order valence-electron chi connectivity index (χ1n) is 10.6. The van der Waals surface area contributed by atoms with Gasteiger partial charge in [-0.15, -0.1) is 0 Å². The monoisotopic (exact) mass is 428 g/mol. The van der Waals surface area contributed by atoms with Crippen molar-refractivity contribution in [1.29, 1.82) is 0 Å². The number of hydrogen-bond acceptors (Lipinski definition) is 3. The Hall–Kier alpha value is -3.09. The minimum atomic E-state index is -0.273. The van der Waals surface area contributed by atoms with Crippen LogP contribution in [0.4, 0.5) is 4.39 Å². The number of likely N-dealkylation sites (N-methyl/N-ethyl adjacent to an activating group) is 1. The van der Waals surface area contributed by atoms with Crippen LogP contribution in [0.2, 0.25) is 0 Å². The summed E-state index contributed by atoms with van der Waals surface area (Å²) in [6, 6.07) is 14.2. The Bertz CT molecular complexity index is 883. The fraction of sp³-hybridized carbons (Fsp3) is 0.417. The zero-order valence-corrected chi connectivity index (χ0v) is 18.8. The topological polar surface area (TPSA) is 74.8 Å². The minimum absolute atomic E-state index is 0.0140. The van der Waals surface area contributed by atoms with E-state index in [9.17, 15) is 9.18 Å². The Morgan fingerprint density at radius 3 is 2.48 bits per heavy atom. The number of guanidine groups is 1. The lowest BCUT2D eigenvalue weighted by molar-refractivity contribution is -0.122. The summed E-state index contributed by atoms with van der Waals surface area (Å²) in [5.74, 6) is 0.927. The minimum Gasteiger partial charge on any atom is -0.484 e. The van der Waals surface area contributed by atoms with Crippen molar-refractivity contribution in [3.05, 3.63) is 65.5 Å². The predicted molar refractivity (Wildman–Crippen MR) is 123 cm³/mol. The maximum Gasteiger partial charge on any atom is 0.257 e. The third kappa shape index (κ3) is 8.28. The molecule has 2 rings (SSSR count). The summed E-state index contributed by atoms with van der Waals surface area (Å²) in [6.07, 6.45) is 0. The summed E-state index contributed by atoms with van der Waals surface area (Å²) in [5, 5.41) is 9.29. The SMILES string of the molecule is CCNC(=O)COc1cccc(CN=C(NCC)NCC(C)(C)c2cccc(F)c2)c1. The van der Waals surface area contributed by atoms with Gasteiger partial charge in [0.15, 0.2) is 12.6 Å². The summed E-state index contributed by atoms with van der Waals surface area (Å²) >= 11 is 0. The summed E-state index contributed by atoms with van der Waals surface area (Å²) < 4.78 is 19.2. The Labute approximate surface area is 184 Å². The molecule has 0 fully saturated rings. The first-order valence-corrected chi connectivity index (χ1v) is 10.6. The van der Waals surface area contributed by atoms with E-state index in [1.807, 2.05) is 44.2 Å². The van der Waals surface area contributed by atoms with Gasteiger partial charge in [0.25, 0.3) is 5.91 Å². The third-order valence-electron chi connectivity index (χ3n) is 4.71. The van der Waals surface area contributed by atoms with E-state index >= 15 is 0 Å². The van der Waals surface area contributed by atoms with Gasteiger partial charge in [-0.1, -0.05) is 38.1 Å². The molecule has 6 nitrogen and oxygen atoms in total. The average molecular weight is 429 g/mol. The van der Waals surface area contributed by atoms with Crippen LogP contribution in [0.5, 0.6) is 5.75 Å². The first-order chi connectivity index (χ1) is 14.8. The molecule has 3 N–H and O–H groups in total. The summed E-state index contributed by atoms with van der Waals surface area (Å²) in [5.41, 5.74) is 1.62. The molecular weight excluding hydrogens is 395 g/mol. The Morgan fingerprint density at radius 1 is 1.03 bits per heavy atom. The second-order valence-electron chi connectivity index (χ2n) is 7.83. The average Bonchev–Trinajstić information content (AvgIpc) is 2.75. The molecule has 0 bridgehead atoms. The van der Waals surface area contributed by atoms with Gasteiger partial charge in [0.2, 0.25) is 0 Å². The summed E-state index contributed by atoms with van der Waals surface area (Å²) in [7, 11) is 0. The van der Waals surface area contributed by atoms with Crippen LogP contribution < -0.4 is 20.7 Å². The molecule has 0 aliphatic rings. The second kappa shape index (κ2) is 11.9. The van der Waals surface area contributed by atoms with Crippen molar-refractivity contribution in [2.75, 3.05) is 26.2 Å². The quantitative estimate of drug-likeness (QED) is 0.401. The van der Waals surface area contributed by atoms with E-state index < -0.39 is 0 Å². The van der Waals surface area contributed by atoms with Crippen LogP contribution in [0.25, 0.3) is 0 Å². The summed E-state index contributed by atoms with van der Waals surface area (Å²) in [6.45, 7) is 10.3. The number of halogens is 1. The smallest absolute Gasteiger partial charge is 0.257 e. The number of rotatable bonds is 10. The largest absolute Gasteiger partial charge is 0.484 e. The van der Waals surface area contributed by atoms with E-state index in [4.69, 9.17) is 4.74 Å². The third-order valence-corrected chi connectivity index (χ3v) is 4.71. The van der Waals surface area contributed by atoms with Gasteiger partial charge in [-0.3, -0.25) is 4.79 Å².